The zero-order chi connectivity index (χ0) is 13.9. The molecular formula is C13H19N3OS. The Bertz CT molecular complexity index is 492. The zero-order valence-electron chi connectivity index (χ0n) is 11.3. The van der Waals surface area contributed by atoms with Crippen LogP contribution in [0.2, 0.25) is 0 Å². The van der Waals surface area contributed by atoms with Crippen LogP contribution in [-0.4, -0.2) is 11.4 Å². The number of nitrogens with two attached hydrogens (primary N) is 1. The van der Waals surface area contributed by atoms with Crippen molar-refractivity contribution < 1.29 is 4.79 Å². The maximum atomic E-state index is 11.8. The van der Waals surface area contributed by atoms with E-state index in [1.807, 2.05) is 27.7 Å². The first kappa shape index (κ1) is 14.7. The van der Waals surface area contributed by atoms with Gasteiger partial charge >= 0.3 is 0 Å². The lowest BCUT2D eigenvalue weighted by Crippen LogP contribution is -2.33. The van der Waals surface area contributed by atoms with Gasteiger partial charge in [0.25, 0.3) is 0 Å². The summed E-state index contributed by atoms with van der Waals surface area (Å²) in [5.41, 5.74) is 6.99. The fraction of sp³-hybridized carbons (Fsp3) is 0.538. The maximum Gasteiger partial charge on any atom is 0.225 e. The number of thiophene rings is 1. The lowest BCUT2D eigenvalue weighted by atomic mass is 10.00. The van der Waals surface area contributed by atoms with E-state index in [0.717, 1.165) is 10.4 Å². The molecular weight excluding hydrogens is 246 g/mol. The van der Waals surface area contributed by atoms with Crippen molar-refractivity contribution in [1.29, 1.82) is 5.26 Å². The SMILES string of the molecule is Cc1sc(NC(=O)CCC(C)(C)N)c(C#N)c1C. The van der Waals surface area contributed by atoms with Crippen LogP contribution in [0.1, 0.15) is 42.7 Å². The molecule has 1 heterocycles. The molecule has 1 aromatic heterocycles. The van der Waals surface area contributed by atoms with Crippen LogP contribution in [0, 0.1) is 25.2 Å². The van der Waals surface area contributed by atoms with Crippen molar-refractivity contribution in [3.8, 4) is 6.07 Å². The van der Waals surface area contributed by atoms with Gasteiger partial charge in [0.2, 0.25) is 5.91 Å². The van der Waals surface area contributed by atoms with E-state index in [-0.39, 0.29) is 11.4 Å². The number of carbonyl (C=O) groups is 1. The highest BCUT2D eigenvalue weighted by Gasteiger charge is 2.17. The summed E-state index contributed by atoms with van der Waals surface area (Å²) in [5, 5.41) is 12.5. The lowest BCUT2D eigenvalue weighted by Gasteiger charge is -2.17. The van der Waals surface area contributed by atoms with Gasteiger partial charge in [0.05, 0.1) is 5.56 Å². The number of amides is 1. The molecule has 0 saturated heterocycles. The number of hydrogen-bond donors (Lipinski definition) is 2. The summed E-state index contributed by atoms with van der Waals surface area (Å²) in [5.74, 6) is -0.0914. The topological polar surface area (TPSA) is 78.9 Å². The summed E-state index contributed by atoms with van der Waals surface area (Å²) in [6.45, 7) is 7.61. The molecule has 3 N–H and O–H groups in total. The Labute approximate surface area is 112 Å². The van der Waals surface area contributed by atoms with Crippen molar-refractivity contribution in [3.63, 3.8) is 0 Å². The minimum atomic E-state index is -0.351. The highest BCUT2D eigenvalue weighted by atomic mass is 32.1. The Morgan fingerprint density at radius 3 is 2.61 bits per heavy atom. The molecule has 0 unspecified atom stereocenters. The third-order valence-electron chi connectivity index (χ3n) is 2.75. The van der Waals surface area contributed by atoms with Crippen LogP contribution in [0.25, 0.3) is 0 Å². The van der Waals surface area contributed by atoms with Gasteiger partial charge in [0, 0.05) is 16.8 Å². The summed E-state index contributed by atoms with van der Waals surface area (Å²) in [4.78, 5) is 12.8. The molecule has 0 aliphatic heterocycles. The lowest BCUT2D eigenvalue weighted by molar-refractivity contribution is -0.116. The molecule has 0 saturated carbocycles. The molecule has 0 spiro atoms. The zero-order valence-corrected chi connectivity index (χ0v) is 12.1. The maximum absolute atomic E-state index is 11.8. The fourth-order valence-corrected chi connectivity index (χ4v) is 2.50. The average Bonchev–Trinajstić information content (AvgIpc) is 2.50. The number of carbonyl (C=O) groups excluding carboxylic acids is 1. The molecule has 0 bridgehead atoms. The van der Waals surface area contributed by atoms with Crippen molar-refractivity contribution in [2.45, 2.75) is 46.1 Å². The molecule has 4 nitrogen and oxygen atoms in total. The van der Waals surface area contributed by atoms with Crippen molar-refractivity contribution >= 4 is 22.2 Å². The molecule has 1 rings (SSSR count). The molecule has 0 aromatic carbocycles. The number of anilines is 1. The molecule has 0 fully saturated rings. The third-order valence-corrected chi connectivity index (χ3v) is 3.87. The Kier molecular flexibility index (Phi) is 4.49. The monoisotopic (exact) mass is 265 g/mol. The summed E-state index contributed by atoms with van der Waals surface area (Å²) in [6.07, 6.45) is 0.981. The Morgan fingerprint density at radius 2 is 2.11 bits per heavy atom. The summed E-state index contributed by atoms with van der Waals surface area (Å²) < 4.78 is 0. The molecule has 5 heteroatoms. The normalized spacial score (nSPS) is 11.1. The molecule has 0 aliphatic rings. The first-order valence-corrected chi connectivity index (χ1v) is 6.65. The van der Waals surface area contributed by atoms with Crippen molar-refractivity contribution in [2.24, 2.45) is 5.73 Å². The first-order chi connectivity index (χ1) is 8.24. The quantitative estimate of drug-likeness (QED) is 0.878. The van der Waals surface area contributed by atoms with Crippen LogP contribution in [0.5, 0.6) is 0 Å². The number of nitrogens with zero attached hydrogens (tertiary/aromatic N) is 1. The minimum Gasteiger partial charge on any atom is -0.326 e. The smallest absolute Gasteiger partial charge is 0.225 e. The van der Waals surface area contributed by atoms with Gasteiger partial charge in [-0.15, -0.1) is 11.3 Å². The molecule has 1 aromatic rings. The number of rotatable bonds is 4. The molecule has 0 atom stereocenters. The summed E-state index contributed by atoms with van der Waals surface area (Å²) in [6, 6.07) is 2.13. The Hall–Kier alpha value is -1.38. The van der Waals surface area contributed by atoms with E-state index in [0.29, 0.717) is 23.4 Å². The number of nitrogens with one attached hydrogen (secondary N) is 1. The van der Waals surface area contributed by atoms with Gasteiger partial charge in [-0.05, 0) is 39.7 Å². The predicted octanol–water partition coefficient (Wildman–Crippen LogP) is 2.69. The summed E-state index contributed by atoms with van der Waals surface area (Å²) >= 11 is 1.44. The predicted molar refractivity (Wildman–Crippen MR) is 74.6 cm³/mol. The molecule has 0 radical (unpaired) electrons. The van der Waals surface area contributed by atoms with E-state index in [4.69, 9.17) is 11.0 Å². The van der Waals surface area contributed by atoms with Crippen LogP contribution < -0.4 is 11.1 Å². The molecule has 1 amide bonds. The molecule has 18 heavy (non-hydrogen) atoms. The second-order valence-corrected chi connectivity index (χ2v) is 6.36. The number of aryl methyl sites for hydroxylation is 1. The highest BCUT2D eigenvalue weighted by molar-refractivity contribution is 7.16. The van der Waals surface area contributed by atoms with Crippen LogP contribution in [0.15, 0.2) is 0 Å². The van der Waals surface area contributed by atoms with Gasteiger partial charge in [-0.1, -0.05) is 0 Å². The van der Waals surface area contributed by atoms with Crippen LogP contribution in [-0.2, 0) is 4.79 Å². The molecule has 0 aliphatic carbocycles. The molecule has 98 valence electrons. The summed E-state index contributed by atoms with van der Waals surface area (Å²) in [7, 11) is 0. The number of hydrogen-bond acceptors (Lipinski definition) is 4. The Morgan fingerprint density at radius 1 is 1.50 bits per heavy atom. The fourth-order valence-electron chi connectivity index (χ4n) is 1.47. The standard InChI is InChI=1S/C13H19N3OS/c1-8-9(2)18-12(10(8)7-14)16-11(17)5-6-13(3,4)15/h5-6,15H2,1-4H3,(H,16,17). The van der Waals surface area contributed by atoms with Crippen LogP contribution in [0.4, 0.5) is 5.00 Å². The van der Waals surface area contributed by atoms with Crippen LogP contribution in [0.3, 0.4) is 0 Å². The van der Waals surface area contributed by atoms with E-state index in [1.165, 1.54) is 11.3 Å². The van der Waals surface area contributed by atoms with E-state index >= 15 is 0 Å². The van der Waals surface area contributed by atoms with E-state index in [9.17, 15) is 4.79 Å². The van der Waals surface area contributed by atoms with Gasteiger partial charge in [-0.2, -0.15) is 5.26 Å². The van der Waals surface area contributed by atoms with Crippen molar-refractivity contribution in [1.82, 2.24) is 0 Å². The average molecular weight is 265 g/mol. The first-order valence-electron chi connectivity index (χ1n) is 5.83. The largest absolute Gasteiger partial charge is 0.326 e. The van der Waals surface area contributed by atoms with E-state index in [2.05, 4.69) is 11.4 Å². The highest BCUT2D eigenvalue weighted by Crippen LogP contribution is 2.31. The van der Waals surface area contributed by atoms with Gasteiger partial charge in [0.15, 0.2) is 0 Å². The van der Waals surface area contributed by atoms with Gasteiger partial charge < -0.3 is 11.1 Å². The Balaban J connectivity index is 2.72. The van der Waals surface area contributed by atoms with Crippen LogP contribution >= 0.6 is 11.3 Å². The van der Waals surface area contributed by atoms with E-state index < -0.39 is 0 Å². The van der Waals surface area contributed by atoms with Gasteiger partial charge in [-0.25, -0.2) is 0 Å². The number of nitriles is 1. The second kappa shape index (κ2) is 5.51. The second-order valence-electron chi connectivity index (χ2n) is 5.14. The van der Waals surface area contributed by atoms with Gasteiger partial charge in [-0.3, -0.25) is 4.79 Å². The van der Waals surface area contributed by atoms with E-state index in [1.54, 1.807) is 0 Å². The van der Waals surface area contributed by atoms with Gasteiger partial charge in [0.1, 0.15) is 11.1 Å². The third kappa shape index (κ3) is 3.83. The minimum absolute atomic E-state index is 0.0914. The van der Waals surface area contributed by atoms with Crippen molar-refractivity contribution in [2.75, 3.05) is 5.32 Å². The van der Waals surface area contributed by atoms with Crippen molar-refractivity contribution in [3.05, 3.63) is 16.0 Å².